The van der Waals surface area contributed by atoms with Crippen molar-refractivity contribution < 1.29 is 9.47 Å². The molecule has 4 nitrogen and oxygen atoms in total. The van der Waals surface area contributed by atoms with Gasteiger partial charge in [-0.1, -0.05) is 25.1 Å². The lowest BCUT2D eigenvalue weighted by Gasteiger charge is -2.37. The van der Waals surface area contributed by atoms with Gasteiger partial charge in [-0.3, -0.25) is 4.90 Å². The molecule has 1 heterocycles. The van der Waals surface area contributed by atoms with Crippen LogP contribution in [0.1, 0.15) is 31.7 Å². The average Bonchev–Trinajstić information content (AvgIpc) is 2.81. The zero-order valence-electron chi connectivity index (χ0n) is 19.1. The van der Waals surface area contributed by atoms with Crippen LogP contribution in [0.25, 0.3) is 0 Å². The second-order valence-electron chi connectivity index (χ2n) is 7.79. The highest BCUT2D eigenvalue weighted by atomic mass is 35.5. The zero-order valence-corrected chi connectivity index (χ0v) is 20.8. The number of thioether (sulfide) groups is 1. The van der Waals surface area contributed by atoms with E-state index in [-0.39, 0.29) is 12.4 Å². The quantitative estimate of drug-likeness (QED) is 0.310. The first kappa shape index (κ1) is 25.7. The Morgan fingerprint density at radius 2 is 1.65 bits per heavy atom. The molecule has 3 rings (SSSR count). The third-order valence-electron chi connectivity index (χ3n) is 5.68. The first-order chi connectivity index (χ1) is 14.7. The molecule has 0 radical (unpaired) electrons. The monoisotopic (exact) mass is 464 g/mol. The molecule has 1 aliphatic rings. The van der Waals surface area contributed by atoms with E-state index in [1.807, 2.05) is 17.8 Å². The summed E-state index contributed by atoms with van der Waals surface area (Å²) in [6, 6.07) is 15.2. The number of hydrogen-bond donors (Lipinski definition) is 0. The molecule has 0 atom stereocenters. The third-order valence-corrected chi connectivity index (χ3v) is 6.95. The van der Waals surface area contributed by atoms with Crippen LogP contribution < -0.4 is 14.4 Å². The van der Waals surface area contributed by atoms with Gasteiger partial charge in [0.2, 0.25) is 0 Å². The lowest BCUT2D eigenvalue weighted by Crippen LogP contribution is -2.46. The van der Waals surface area contributed by atoms with Crippen molar-refractivity contribution >= 4 is 29.9 Å². The van der Waals surface area contributed by atoms with Crippen molar-refractivity contribution in [2.24, 2.45) is 0 Å². The van der Waals surface area contributed by atoms with E-state index < -0.39 is 0 Å². The lowest BCUT2D eigenvalue weighted by atomic mass is 10.1. The fraction of sp³-hybridized carbons (Fsp3) is 0.520. The standard InChI is InChI=1S/C25H36N2O2S.ClH/c1-4-19-30-25-11-6-5-10-22(25)27-17-15-26(16-18-27)14-8-7-9-21-12-13-23(28-2)24(20-21)29-3;/h5-6,10-13,20H,4,7-9,14-19H2,1-3H3;1H. The maximum atomic E-state index is 5.42. The molecule has 2 aromatic rings. The number of rotatable bonds is 11. The van der Waals surface area contributed by atoms with E-state index in [2.05, 4.69) is 53.1 Å². The maximum Gasteiger partial charge on any atom is 0.160 e. The van der Waals surface area contributed by atoms with Gasteiger partial charge in [0.25, 0.3) is 0 Å². The van der Waals surface area contributed by atoms with Crippen LogP contribution in [0, 0.1) is 0 Å². The number of halogens is 1. The van der Waals surface area contributed by atoms with Crippen molar-refractivity contribution in [3.8, 4) is 11.5 Å². The van der Waals surface area contributed by atoms with Crippen molar-refractivity contribution in [3.05, 3.63) is 48.0 Å². The number of anilines is 1. The van der Waals surface area contributed by atoms with Gasteiger partial charge in [-0.2, -0.15) is 0 Å². The summed E-state index contributed by atoms with van der Waals surface area (Å²) in [5.74, 6) is 2.81. The van der Waals surface area contributed by atoms with Gasteiger partial charge >= 0.3 is 0 Å². The molecule has 0 N–H and O–H groups in total. The van der Waals surface area contributed by atoms with Crippen LogP contribution in [0.4, 0.5) is 5.69 Å². The Morgan fingerprint density at radius 1 is 0.903 bits per heavy atom. The molecule has 172 valence electrons. The van der Waals surface area contributed by atoms with Gasteiger partial charge in [0.05, 0.1) is 19.9 Å². The second-order valence-corrected chi connectivity index (χ2v) is 8.93. The smallest absolute Gasteiger partial charge is 0.160 e. The molecule has 31 heavy (non-hydrogen) atoms. The molecule has 0 bridgehead atoms. The Morgan fingerprint density at radius 3 is 2.35 bits per heavy atom. The van der Waals surface area contributed by atoms with Gasteiger partial charge in [-0.15, -0.1) is 24.2 Å². The van der Waals surface area contributed by atoms with Gasteiger partial charge in [-0.25, -0.2) is 0 Å². The first-order valence-corrected chi connectivity index (χ1v) is 12.1. The normalized spacial score (nSPS) is 14.2. The van der Waals surface area contributed by atoms with Crippen LogP contribution in [0.3, 0.4) is 0 Å². The van der Waals surface area contributed by atoms with Gasteiger partial charge in [0.1, 0.15) is 0 Å². The highest BCUT2D eigenvalue weighted by molar-refractivity contribution is 7.99. The van der Waals surface area contributed by atoms with E-state index in [9.17, 15) is 0 Å². The van der Waals surface area contributed by atoms with Crippen molar-refractivity contribution in [2.75, 3.05) is 57.6 Å². The Bertz CT molecular complexity index is 782. The van der Waals surface area contributed by atoms with Gasteiger partial charge < -0.3 is 14.4 Å². The molecule has 0 aromatic heterocycles. The highest BCUT2D eigenvalue weighted by Crippen LogP contribution is 2.31. The molecule has 1 fully saturated rings. The minimum absolute atomic E-state index is 0. The van der Waals surface area contributed by atoms with Gasteiger partial charge in [0.15, 0.2) is 11.5 Å². The fourth-order valence-corrected chi connectivity index (χ4v) is 4.91. The maximum absolute atomic E-state index is 5.42. The van der Waals surface area contributed by atoms with Crippen LogP contribution in [0.15, 0.2) is 47.4 Å². The number of nitrogens with zero attached hydrogens (tertiary/aromatic N) is 2. The summed E-state index contributed by atoms with van der Waals surface area (Å²) in [6.07, 6.45) is 4.74. The van der Waals surface area contributed by atoms with Crippen LogP contribution in [0.5, 0.6) is 11.5 Å². The topological polar surface area (TPSA) is 24.9 Å². The predicted octanol–water partition coefficient (Wildman–Crippen LogP) is 5.77. The average molecular weight is 465 g/mol. The molecule has 0 aliphatic carbocycles. The van der Waals surface area contributed by atoms with Gasteiger partial charge in [-0.05, 0) is 67.8 Å². The molecule has 1 aliphatic heterocycles. The summed E-state index contributed by atoms with van der Waals surface area (Å²) in [7, 11) is 3.38. The van der Waals surface area contributed by atoms with E-state index >= 15 is 0 Å². The summed E-state index contributed by atoms with van der Waals surface area (Å²) in [5, 5.41) is 0. The summed E-state index contributed by atoms with van der Waals surface area (Å²) in [6.45, 7) is 8.00. The molecular weight excluding hydrogens is 428 g/mol. The molecule has 0 amide bonds. The molecule has 6 heteroatoms. The lowest BCUT2D eigenvalue weighted by molar-refractivity contribution is 0.252. The SMILES string of the molecule is CCCSc1ccccc1N1CCN(CCCCc2ccc(OC)c(OC)c2)CC1.Cl. The minimum atomic E-state index is 0. The molecular formula is C25H37ClN2O2S. The summed E-state index contributed by atoms with van der Waals surface area (Å²) in [4.78, 5) is 6.62. The van der Waals surface area contributed by atoms with Crippen LogP contribution >= 0.6 is 24.2 Å². The second kappa shape index (κ2) is 13.8. The number of ether oxygens (including phenoxy) is 2. The predicted molar refractivity (Wildman–Crippen MR) is 136 cm³/mol. The minimum Gasteiger partial charge on any atom is -0.493 e. The number of aryl methyl sites for hydroxylation is 1. The van der Waals surface area contributed by atoms with Crippen LogP contribution in [-0.2, 0) is 6.42 Å². The van der Waals surface area contributed by atoms with Gasteiger partial charge in [0, 0.05) is 31.1 Å². The number of piperazine rings is 1. The summed E-state index contributed by atoms with van der Waals surface area (Å²) >= 11 is 1.99. The number of para-hydroxylation sites is 1. The Labute approximate surface area is 198 Å². The van der Waals surface area contributed by atoms with E-state index in [1.165, 1.54) is 47.7 Å². The molecule has 1 saturated heterocycles. The Kier molecular flexibility index (Phi) is 11.4. The van der Waals surface area contributed by atoms with E-state index in [0.717, 1.165) is 44.1 Å². The van der Waals surface area contributed by atoms with Crippen molar-refractivity contribution in [3.63, 3.8) is 0 Å². The molecule has 2 aromatic carbocycles. The van der Waals surface area contributed by atoms with Crippen molar-refractivity contribution in [1.29, 1.82) is 0 Å². The number of unbranched alkanes of at least 4 members (excludes halogenated alkanes) is 1. The van der Waals surface area contributed by atoms with E-state index in [4.69, 9.17) is 9.47 Å². The summed E-state index contributed by atoms with van der Waals surface area (Å²) < 4.78 is 10.7. The summed E-state index contributed by atoms with van der Waals surface area (Å²) in [5.41, 5.74) is 2.74. The van der Waals surface area contributed by atoms with E-state index in [1.54, 1.807) is 14.2 Å². The fourth-order valence-electron chi connectivity index (χ4n) is 3.97. The number of benzene rings is 2. The third kappa shape index (κ3) is 7.51. The zero-order chi connectivity index (χ0) is 21.2. The van der Waals surface area contributed by atoms with Crippen molar-refractivity contribution in [2.45, 2.75) is 37.5 Å². The molecule has 0 saturated carbocycles. The van der Waals surface area contributed by atoms with Crippen LogP contribution in [-0.4, -0.2) is 57.6 Å². The largest absolute Gasteiger partial charge is 0.493 e. The van der Waals surface area contributed by atoms with E-state index in [0.29, 0.717) is 0 Å². The Hall–Kier alpha value is -1.56. The van der Waals surface area contributed by atoms with Crippen LogP contribution in [0.2, 0.25) is 0 Å². The number of hydrogen-bond acceptors (Lipinski definition) is 5. The Balaban J connectivity index is 0.00000341. The molecule has 0 unspecified atom stereocenters. The molecule has 0 spiro atoms. The van der Waals surface area contributed by atoms with Crippen molar-refractivity contribution in [1.82, 2.24) is 4.90 Å². The first-order valence-electron chi connectivity index (χ1n) is 11.1. The number of methoxy groups -OCH3 is 2. The highest BCUT2D eigenvalue weighted by Gasteiger charge is 2.18.